The van der Waals surface area contributed by atoms with Gasteiger partial charge in [-0.05, 0) is 57.6 Å². The molecule has 2 aromatic heterocycles. The van der Waals surface area contributed by atoms with Crippen LogP contribution < -0.4 is 10.1 Å². The number of ether oxygens (including phenoxy) is 2. The third-order valence-corrected chi connectivity index (χ3v) is 6.43. The van der Waals surface area contributed by atoms with Crippen molar-refractivity contribution in [2.24, 2.45) is 11.8 Å². The molecule has 1 saturated carbocycles. The molecule has 0 atom stereocenters. The lowest BCUT2D eigenvalue weighted by Gasteiger charge is -2.26. The van der Waals surface area contributed by atoms with Gasteiger partial charge in [-0.1, -0.05) is 6.07 Å². The highest BCUT2D eigenvalue weighted by Crippen LogP contribution is 2.29. The Morgan fingerprint density at radius 1 is 1.11 bits per heavy atom. The van der Waals surface area contributed by atoms with Crippen LogP contribution in [-0.2, 0) is 16.1 Å². The monoisotopic (exact) mass is 486 g/mol. The van der Waals surface area contributed by atoms with E-state index in [9.17, 15) is 18.4 Å². The Bertz CT molecular complexity index is 1230. The summed E-state index contributed by atoms with van der Waals surface area (Å²) in [5, 5.41) is 2.98. The minimum atomic E-state index is -0.714. The van der Waals surface area contributed by atoms with Crippen molar-refractivity contribution in [3.05, 3.63) is 58.7 Å². The van der Waals surface area contributed by atoms with Crippen molar-refractivity contribution < 1.29 is 27.8 Å². The van der Waals surface area contributed by atoms with Crippen molar-refractivity contribution in [3.8, 4) is 5.88 Å². The van der Waals surface area contributed by atoms with Crippen molar-refractivity contribution >= 4 is 17.5 Å². The number of aromatic nitrogens is 3. The van der Waals surface area contributed by atoms with Crippen LogP contribution in [0.4, 0.5) is 8.78 Å². The van der Waals surface area contributed by atoms with Crippen molar-refractivity contribution in [3.63, 3.8) is 0 Å². The van der Waals surface area contributed by atoms with Crippen LogP contribution in [-0.4, -0.2) is 39.9 Å². The molecule has 35 heavy (non-hydrogen) atoms. The van der Waals surface area contributed by atoms with E-state index in [0.717, 1.165) is 37.8 Å². The van der Waals surface area contributed by atoms with E-state index in [4.69, 9.17) is 9.47 Å². The van der Waals surface area contributed by atoms with E-state index in [1.165, 1.54) is 13.2 Å². The molecule has 4 rings (SSSR count). The molecule has 0 aliphatic heterocycles. The summed E-state index contributed by atoms with van der Waals surface area (Å²) < 4.78 is 40.1. The standard InChI is InChI=1S/C25H28F2N4O4/c1-14-12-31-21(23(32)28-11-16-7-9-17(10-8-16)25(33)34-3)15(2)30-22(31)24(29-14)35-13-18-19(26)5-4-6-20(18)27/h4-6,12,16-17H,7-11,13H2,1-3H3,(H,28,32)/t16-,17-. The molecule has 10 heteroatoms. The number of imidazole rings is 1. The molecule has 186 valence electrons. The number of methoxy groups -OCH3 is 1. The maximum atomic E-state index is 14.0. The highest BCUT2D eigenvalue weighted by Gasteiger charge is 2.28. The van der Waals surface area contributed by atoms with Crippen LogP contribution in [0.25, 0.3) is 5.65 Å². The molecule has 1 aromatic carbocycles. The molecular formula is C25H28F2N4O4. The first kappa shape index (κ1) is 24.6. The quantitative estimate of drug-likeness (QED) is 0.509. The third kappa shape index (κ3) is 5.26. The van der Waals surface area contributed by atoms with Gasteiger partial charge in [0, 0.05) is 12.7 Å². The van der Waals surface area contributed by atoms with Crippen LogP contribution in [0.2, 0.25) is 0 Å². The fourth-order valence-electron chi connectivity index (χ4n) is 4.52. The molecule has 2 heterocycles. The molecule has 0 radical (unpaired) electrons. The summed E-state index contributed by atoms with van der Waals surface area (Å²) in [5.41, 5.74) is 1.45. The van der Waals surface area contributed by atoms with Gasteiger partial charge >= 0.3 is 5.97 Å². The van der Waals surface area contributed by atoms with Gasteiger partial charge in [-0.15, -0.1) is 0 Å². The van der Waals surface area contributed by atoms with Gasteiger partial charge in [-0.3, -0.25) is 14.0 Å². The average Bonchev–Trinajstić information content (AvgIpc) is 3.17. The van der Waals surface area contributed by atoms with Crippen LogP contribution in [0.15, 0.2) is 24.4 Å². The van der Waals surface area contributed by atoms with E-state index in [1.807, 2.05) is 0 Å². The summed E-state index contributed by atoms with van der Waals surface area (Å²) >= 11 is 0. The summed E-state index contributed by atoms with van der Waals surface area (Å²) in [6, 6.07) is 3.60. The van der Waals surface area contributed by atoms with Gasteiger partial charge < -0.3 is 14.8 Å². The fraction of sp³-hybridized carbons (Fsp3) is 0.440. The Labute approximate surface area is 201 Å². The predicted octanol–water partition coefficient (Wildman–Crippen LogP) is 3.91. The lowest BCUT2D eigenvalue weighted by molar-refractivity contribution is -0.146. The minimum Gasteiger partial charge on any atom is -0.470 e. The van der Waals surface area contributed by atoms with E-state index < -0.39 is 11.6 Å². The van der Waals surface area contributed by atoms with Crippen LogP contribution in [0.5, 0.6) is 5.88 Å². The van der Waals surface area contributed by atoms with Crippen LogP contribution >= 0.6 is 0 Å². The highest BCUT2D eigenvalue weighted by molar-refractivity contribution is 5.94. The molecule has 1 aliphatic rings. The lowest BCUT2D eigenvalue weighted by atomic mass is 9.82. The average molecular weight is 487 g/mol. The Morgan fingerprint density at radius 2 is 1.80 bits per heavy atom. The van der Waals surface area contributed by atoms with E-state index in [-0.39, 0.29) is 47.4 Å². The second-order valence-corrected chi connectivity index (χ2v) is 8.87. The molecule has 1 amide bonds. The van der Waals surface area contributed by atoms with Gasteiger partial charge in [0.15, 0.2) is 0 Å². The van der Waals surface area contributed by atoms with Crippen LogP contribution in [0.1, 0.15) is 53.1 Å². The van der Waals surface area contributed by atoms with E-state index in [1.54, 1.807) is 24.4 Å². The normalized spacial score (nSPS) is 17.9. The molecule has 0 saturated heterocycles. The first-order valence-corrected chi connectivity index (χ1v) is 11.6. The van der Waals surface area contributed by atoms with Crippen molar-refractivity contribution in [1.82, 2.24) is 19.7 Å². The minimum absolute atomic E-state index is 0.0697. The molecule has 1 fully saturated rings. The maximum Gasteiger partial charge on any atom is 0.308 e. The Hall–Kier alpha value is -3.56. The zero-order chi connectivity index (χ0) is 25.1. The Balaban J connectivity index is 1.48. The smallest absolute Gasteiger partial charge is 0.308 e. The number of carbonyl (C=O) groups excluding carboxylic acids is 2. The van der Waals surface area contributed by atoms with Gasteiger partial charge in [-0.2, -0.15) is 0 Å². The Morgan fingerprint density at radius 3 is 2.46 bits per heavy atom. The number of hydrogen-bond donors (Lipinski definition) is 1. The second-order valence-electron chi connectivity index (χ2n) is 8.87. The zero-order valence-electron chi connectivity index (χ0n) is 19.9. The number of hydrogen-bond acceptors (Lipinski definition) is 6. The number of halogens is 2. The topological polar surface area (TPSA) is 94.8 Å². The first-order chi connectivity index (χ1) is 16.8. The van der Waals surface area contributed by atoms with Gasteiger partial charge in [-0.25, -0.2) is 18.7 Å². The molecule has 0 spiro atoms. The third-order valence-electron chi connectivity index (χ3n) is 6.43. The summed E-state index contributed by atoms with van der Waals surface area (Å²) in [6.07, 6.45) is 4.83. The number of amides is 1. The van der Waals surface area contributed by atoms with Gasteiger partial charge in [0.25, 0.3) is 11.8 Å². The van der Waals surface area contributed by atoms with Gasteiger partial charge in [0.2, 0.25) is 5.65 Å². The molecule has 0 bridgehead atoms. The SMILES string of the molecule is COC(=O)[C@H]1CC[C@H](CNC(=O)c2c(C)nc3c(OCc4c(F)cccc4F)nc(C)cn23)CC1. The number of carbonyl (C=O) groups is 2. The van der Waals surface area contributed by atoms with E-state index >= 15 is 0 Å². The molecule has 8 nitrogen and oxygen atoms in total. The first-order valence-electron chi connectivity index (χ1n) is 11.6. The van der Waals surface area contributed by atoms with Gasteiger partial charge in [0.05, 0.1) is 30.0 Å². The zero-order valence-corrected chi connectivity index (χ0v) is 19.9. The fourth-order valence-corrected chi connectivity index (χ4v) is 4.52. The number of nitrogens with one attached hydrogen (secondary N) is 1. The number of esters is 1. The van der Waals surface area contributed by atoms with Gasteiger partial charge in [0.1, 0.15) is 23.9 Å². The van der Waals surface area contributed by atoms with Crippen molar-refractivity contribution in [2.45, 2.75) is 46.1 Å². The number of aryl methyl sites for hydroxylation is 2. The largest absolute Gasteiger partial charge is 0.470 e. The molecule has 1 aliphatic carbocycles. The highest BCUT2D eigenvalue weighted by atomic mass is 19.1. The van der Waals surface area contributed by atoms with Crippen LogP contribution in [0.3, 0.4) is 0 Å². The molecule has 1 N–H and O–H groups in total. The second kappa shape index (κ2) is 10.4. The number of rotatable bonds is 7. The van der Waals surface area contributed by atoms with E-state index in [0.29, 0.717) is 23.6 Å². The predicted molar refractivity (Wildman–Crippen MR) is 123 cm³/mol. The number of fused-ring (bicyclic) bond motifs is 1. The summed E-state index contributed by atoms with van der Waals surface area (Å²) in [7, 11) is 1.40. The summed E-state index contributed by atoms with van der Waals surface area (Å²) in [5.74, 6) is -1.61. The number of nitrogens with zero attached hydrogens (tertiary/aromatic N) is 3. The maximum absolute atomic E-state index is 14.0. The molecular weight excluding hydrogens is 458 g/mol. The van der Waals surface area contributed by atoms with Crippen molar-refractivity contribution in [1.29, 1.82) is 0 Å². The van der Waals surface area contributed by atoms with E-state index in [2.05, 4.69) is 15.3 Å². The number of benzene rings is 1. The van der Waals surface area contributed by atoms with Crippen molar-refractivity contribution in [2.75, 3.05) is 13.7 Å². The summed E-state index contributed by atoms with van der Waals surface area (Å²) in [4.78, 5) is 33.6. The summed E-state index contributed by atoms with van der Waals surface area (Å²) in [6.45, 7) is 3.55. The molecule has 0 unspecified atom stereocenters. The lowest BCUT2D eigenvalue weighted by Crippen LogP contribution is -2.33. The van der Waals surface area contributed by atoms with Crippen LogP contribution in [0, 0.1) is 37.3 Å². The Kier molecular flexibility index (Phi) is 7.28. The molecule has 3 aromatic rings.